The topological polar surface area (TPSA) is 52.6 Å². The van der Waals surface area contributed by atoms with Gasteiger partial charge in [-0.2, -0.15) is 11.8 Å². The molecule has 2 atom stereocenters. The van der Waals surface area contributed by atoms with Crippen molar-refractivity contribution in [2.45, 2.75) is 56.7 Å². The molecule has 0 radical (unpaired) electrons. The average molecular weight is 300 g/mol. The normalized spacial score (nSPS) is 28.4. The van der Waals surface area contributed by atoms with Crippen LogP contribution in [0.15, 0.2) is 0 Å². The van der Waals surface area contributed by atoms with Crippen LogP contribution in [-0.4, -0.2) is 52.8 Å². The number of piperidine rings is 1. The van der Waals surface area contributed by atoms with Crippen LogP contribution in [0.5, 0.6) is 0 Å². The molecule has 0 bridgehead atoms. The van der Waals surface area contributed by atoms with Crippen molar-refractivity contribution in [2.24, 2.45) is 5.92 Å². The summed E-state index contributed by atoms with van der Waals surface area (Å²) >= 11 is 1.99. The Morgan fingerprint density at radius 1 is 1.25 bits per heavy atom. The number of amides is 2. The first-order valence-corrected chi connectivity index (χ1v) is 9.07. The number of nitrogens with zero attached hydrogens (tertiary/aromatic N) is 1. The molecule has 1 saturated heterocycles. The second-order valence-electron chi connectivity index (χ2n) is 5.95. The van der Waals surface area contributed by atoms with Crippen LogP contribution >= 0.6 is 11.8 Å². The fourth-order valence-corrected chi connectivity index (χ4v) is 4.44. The van der Waals surface area contributed by atoms with E-state index in [1.165, 1.54) is 19.3 Å². The molecule has 1 aliphatic heterocycles. The molecule has 1 heterocycles. The van der Waals surface area contributed by atoms with Crippen molar-refractivity contribution in [3.63, 3.8) is 0 Å². The van der Waals surface area contributed by atoms with E-state index in [0.717, 1.165) is 38.1 Å². The predicted molar refractivity (Wildman–Crippen MR) is 84.1 cm³/mol. The Labute approximate surface area is 126 Å². The Morgan fingerprint density at radius 2 is 1.95 bits per heavy atom. The number of nitrogens with one attached hydrogen (secondary N) is 1. The van der Waals surface area contributed by atoms with Crippen molar-refractivity contribution in [2.75, 3.05) is 25.4 Å². The largest absolute Gasteiger partial charge is 0.396 e. The molecular weight excluding hydrogens is 272 g/mol. The first-order chi connectivity index (χ1) is 9.74. The van der Waals surface area contributed by atoms with Gasteiger partial charge in [-0.25, -0.2) is 4.79 Å². The minimum atomic E-state index is 0.106. The van der Waals surface area contributed by atoms with Crippen LogP contribution in [0, 0.1) is 5.92 Å². The number of rotatable bonds is 4. The van der Waals surface area contributed by atoms with E-state index >= 15 is 0 Å². The fourth-order valence-electron chi connectivity index (χ4n) is 3.24. The van der Waals surface area contributed by atoms with E-state index in [9.17, 15) is 4.79 Å². The van der Waals surface area contributed by atoms with Gasteiger partial charge in [-0.15, -0.1) is 0 Å². The second kappa shape index (κ2) is 8.13. The molecule has 20 heavy (non-hydrogen) atoms. The van der Waals surface area contributed by atoms with Crippen LogP contribution in [0.3, 0.4) is 0 Å². The number of carbonyl (C=O) groups is 1. The highest BCUT2D eigenvalue weighted by atomic mass is 32.2. The van der Waals surface area contributed by atoms with Crippen LogP contribution in [0.4, 0.5) is 4.79 Å². The van der Waals surface area contributed by atoms with Gasteiger partial charge in [0.1, 0.15) is 0 Å². The van der Waals surface area contributed by atoms with E-state index in [0.29, 0.717) is 17.2 Å². The maximum Gasteiger partial charge on any atom is 0.317 e. The van der Waals surface area contributed by atoms with E-state index in [1.807, 2.05) is 16.7 Å². The van der Waals surface area contributed by atoms with Crippen molar-refractivity contribution in [1.82, 2.24) is 10.2 Å². The monoisotopic (exact) mass is 300 g/mol. The number of hydrogen-bond acceptors (Lipinski definition) is 3. The zero-order valence-electron chi connectivity index (χ0n) is 12.5. The molecule has 2 rings (SSSR count). The lowest BCUT2D eigenvalue weighted by molar-refractivity contribution is 0.134. The quantitative estimate of drug-likeness (QED) is 0.838. The summed E-state index contributed by atoms with van der Waals surface area (Å²) in [6, 6.07) is 0.451. The lowest BCUT2D eigenvalue weighted by Crippen LogP contribution is -2.51. The minimum Gasteiger partial charge on any atom is -0.396 e. The summed E-state index contributed by atoms with van der Waals surface area (Å²) < 4.78 is 0. The van der Waals surface area contributed by atoms with Crippen LogP contribution in [0.25, 0.3) is 0 Å². The van der Waals surface area contributed by atoms with Gasteiger partial charge < -0.3 is 15.3 Å². The number of aliphatic hydroxyl groups is 1. The molecule has 2 aliphatic rings. The Balaban J connectivity index is 1.80. The molecule has 2 N–H and O–H groups in total. The van der Waals surface area contributed by atoms with E-state index < -0.39 is 0 Å². The Bertz CT molecular complexity index is 304. The molecular formula is C15H28N2O2S. The third-order valence-electron chi connectivity index (χ3n) is 4.55. The van der Waals surface area contributed by atoms with Crippen LogP contribution < -0.4 is 5.32 Å². The molecule has 2 fully saturated rings. The standard InChI is InChI=1S/C15H28N2O2S/c1-2-20-14-6-4-3-5-13(14)16-15(19)17-9-7-12(11-18)8-10-17/h12-14,18H,2-11H2,1H3,(H,16,19). The average Bonchev–Trinajstić information content (AvgIpc) is 2.49. The van der Waals surface area contributed by atoms with Gasteiger partial charge in [-0.3, -0.25) is 0 Å². The molecule has 0 spiro atoms. The Morgan fingerprint density at radius 3 is 2.60 bits per heavy atom. The zero-order valence-corrected chi connectivity index (χ0v) is 13.3. The van der Waals surface area contributed by atoms with E-state index in [-0.39, 0.29) is 12.6 Å². The summed E-state index contributed by atoms with van der Waals surface area (Å²) in [6.45, 7) is 4.02. The molecule has 2 unspecified atom stereocenters. The van der Waals surface area contributed by atoms with Crippen molar-refractivity contribution in [1.29, 1.82) is 0 Å². The van der Waals surface area contributed by atoms with Gasteiger partial charge in [-0.05, 0) is 37.4 Å². The molecule has 0 aromatic rings. The van der Waals surface area contributed by atoms with Crippen LogP contribution in [0.1, 0.15) is 45.4 Å². The SMILES string of the molecule is CCSC1CCCCC1NC(=O)N1CCC(CO)CC1. The van der Waals surface area contributed by atoms with Crippen molar-refractivity contribution in [3.05, 3.63) is 0 Å². The van der Waals surface area contributed by atoms with E-state index in [1.54, 1.807) is 0 Å². The Hall–Kier alpha value is -0.420. The van der Waals surface area contributed by atoms with Crippen molar-refractivity contribution in [3.8, 4) is 0 Å². The van der Waals surface area contributed by atoms with Gasteiger partial charge in [0.25, 0.3) is 0 Å². The molecule has 5 heteroatoms. The number of thioether (sulfide) groups is 1. The number of hydrogen-bond donors (Lipinski definition) is 2. The summed E-state index contributed by atoms with van der Waals surface area (Å²) in [7, 11) is 0. The number of likely N-dealkylation sites (tertiary alicyclic amines) is 1. The van der Waals surface area contributed by atoms with E-state index in [2.05, 4.69) is 12.2 Å². The smallest absolute Gasteiger partial charge is 0.317 e. The lowest BCUT2D eigenvalue weighted by Gasteiger charge is -2.36. The fraction of sp³-hybridized carbons (Fsp3) is 0.933. The summed E-state index contributed by atoms with van der Waals surface area (Å²) in [4.78, 5) is 14.3. The van der Waals surface area contributed by atoms with Gasteiger partial charge in [0.05, 0.1) is 0 Å². The maximum absolute atomic E-state index is 12.4. The number of aliphatic hydroxyl groups excluding tert-OH is 1. The lowest BCUT2D eigenvalue weighted by atomic mass is 9.94. The van der Waals surface area contributed by atoms with Crippen LogP contribution in [-0.2, 0) is 0 Å². The van der Waals surface area contributed by atoms with Gasteiger partial charge in [0.15, 0.2) is 0 Å². The number of urea groups is 1. The summed E-state index contributed by atoms with van der Waals surface area (Å²) in [5.74, 6) is 1.51. The molecule has 4 nitrogen and oxygen atoms in total. The summed E-state index contributed by atoms with van der Waals surface area (Å²) in [5.41, 5.74) is 0. The predicted octanol–water partition coefficient (Wildman–Crippen LogP) is 2.46. The molecule has 2 amide bonds. The van der Waals surface area contributed by atoms with E-state index in [4.69, 9.17) is 5.11 Å². The highest BCUT2D eigenvalue weighted by Crippen LogP contribution is 2.29. The number of carbonyl (C=O) groups excluding carboxylic acids is 1. The summed E-state index contributed by atoms with van der Waals surface area (Å²) in [6.07, 6.45) is 6.75. The maximum atomic E-state index is 12.4. The highest BCUT2D eigenvalue weighted by molar-refractivity contribution is 7.99. The van der Waals surface area contributed by atoms with Crippen molar-refractivity contribution >= 4 is 17.8 Å². The third-order valence-corrected chi connectivity index (χ3v) is 5.88. The molecule has 116 valence electrons. The molecule has 1 saturated carbocycles. The summed E-state index contributed by atoms with van der Waals surface area (Å²) in [5, 5.41) is 13.0. The highest BCUT2D eigenvalue weighted by Gasteiger charge is 2.29. The third kappa shape index (κ3) is 4.29. The van der Waals surface area contributed by atoms with Gasteiger partial charge >= 0.3 is 6.03 Å². The zero-order chi connectivity index (χ0) is 14.4. The molecule has 0 aromatic heterocycles. The Kier molecular flexibility index (Phi) is 6.49. The molecule has 1 aliphatic carbocycles. The minimum absolute atomic E-state index is 0.106. The van der Waals surface area contributed by atoms with Crippen molar-refractivity contribution < 1.29 is 9.90 Å². The van der Waals surface area contributed by atoms with Gasteiger partial charge in [-0.1, -0.05) is 19.8 Å². The second-order valence-corrected chi connectivity index (χ2v) is 7.46. The first kappa shape index (κ1) is 16.0. The first-order valence-electron chi connectivity index (χ1n) is 8.02. The van der Waals surface area contributed by atoms with Gasteiger partial charge in [0.2, 0.25) is 0 Å². The van der Waals surface area contributed by atoms with Gasteiger partial charge in [0, 0.05) is 31.0 Å². The molecule has 0 aromatic carbocycles. The van der Waals surface area contributed by atoms with Crippen LogP contribution in [0.2, 0.25) is 0 Å².